The molecule has 4 aromatic rings. The number of nitrogens with two attached hydrogens (primary N) is 1. The Kier molecular flexibility index (Phi) is 4.07. The van der Waals surface area contributed by atoms with E-state index in [1.807, 2.05) is 0 Å². The number of fused-ring (bicyclic) bond motifs is 4. The van der Waals surface area contributed by atoms with Crippen molar-refractivity contribution in [2.75, 3.05) is 19.4 Å². The lowest BCUT2D eigenvalue weighted by molar-refractivity contribution is -0.137. The third-order valence-electron chi connectivity index (χ3n) is 5.52. The molecule has 1 amide bonds. The zero-order chi connectivity index (χ0) is 21.9. The van der Waals surface area contributed by atoms with Gasteiger partial charge < -0.3 is 15.4 Å². The van der Waals surface area contributed by atoms with E-state index in [1.165, 1.54) is 11.0 Å². The summed E-state index contributed by atoms with van der Waals surface area (Å²) in [5.74, 6) is 0.130. The molecule has 0 saturated heterocycles. The molecule has 158 valence electrons. The molecule has 0 unspecified atom stereocenters. The van der Waals surface area contributed by atoms with Crippen LogP contribution in [0.5, 0.6) is 5.75 Å². The first-order valence-electron chi connectivity index (χ1n) is 9.36. The standard InChI is InChI=1S/C21H16F3N5O2/c1-28(17-9-31-18-7-12(21(22,23)24)3-4-13(17)18)19(30)11-2-5-15-14(6-11)16-8-26-10-29(16)20(25)27-15/h2-8,10,17H,9H2,1H3,(H2,25,27)/t17-/m1/s1. The Balaban J connectivity index is 1.49. The van der Waals surface area contributed by atoms with Crippen molar-refractivity contribution in [1.29, 1.82) is 0 Å². The molecule has 0 fully saturated rings. The third-order valence-corrected chi connectivity index (χ3v) is 5.52. The maximum absolute atomic E-state index is 13.2. The fraction of sp³-hybridized carbons (Fsp3) is 0.190. The third kappa shape index (κ3) is 3.02. The largest absolute Gasteiger partial charge is 0.491 e. The molecule has 2 aromatic heterocycles. The molecule has 3 heterocycles. The molecule has 1 atom stereocenters. The van der Waals surface area contributed by atoms with Crippen LogP contribution >= 0.6 is 0 Å². The van der Waals surface area contributed by atoms with Gasteiger partial charge in [0.05, 0.1) is 28.8 Å². The van der Waals surface area contributed by atoms with Gasteiger partial charge in [-0.05, 0) is 30.3 Å². The molecule has 0 bridgehead atoms. The summed E-state index contributed by atoms with van der Waals surface area (Å²) in [4.78, 5) is 23.1. The van der Waals surface area contributed by atoms with Gasteiger partial charge in [0.2, 0.25) is 5.95 Å². The van der Waals surface area contributed by atoms with Crippen molar-refractivity contribution >= 4 is 28.3 Å². The lowest BCUT2D eigenvalue weighted by Gasteiger charge is -2.24. The van der Waals surface area contributed by atoms with Gasteiger partial charge in [0.25, 0.3) is 5.91 Å². The zero-order valence-electron chi connectivity index (χ0n) is 16.2. The maximum atomic E-state index is 13.2. The molecule has 10 heteroatoms. The number of imidazole rings is 1. The Labute approximate surface area is 173 Å². The number of ether oxygens (including phenoxy) is 1. The second kappa shape index (κ2) is 6.59. The van der Waals surface area contributed by atoms with Gasteiger partial charge in [-0.2, -0.15) is 13.2 Å². The number of hydrogen-bond acceptors (Lipinski definition) is 5. The summed E-state index contributed by atoms with van der Waals surface area (Å²) >= 11 is 0. The first-order valence-corrected chi connectivity index (χ1v) is 9.36. The average molecular weight is 427 g/mol. The van der Waals surface area contributed by atoms with E-state index in [9.17, 15) is 18.0 Å². The highest BCUT2D eigenvalue weighted by Gasteiger charge is 2.36. The molecule has 0 saturated carbocycles. The van der Waals surface area contributed by atoms with Crippen LogP contribution in [0.3, 0.4) is 0 Å². The van der Waals surface area contributed by atoms with Crippen LogP contribution in [0.2, 0.25) is 0 Å². The van der Waals surface area contributed by atoms with Crippen LogP contribution in [0.4, 0.5) is 19.1 Å². The fourth-order valence-corrected chi connectivity index (χ4v) is 3.86. The van der Waals surface area contributed by atoms with Gasteiger partial charge in [-0.15, -0.1) is 0 Å². The van der Waals surface area contributed by atoms with Crippen LogP contribution in [0.25, 0.3) is 16.4 Å². The van der Waals surface area contributed by atoms with Crippen LogP contribution < -0.4 is 10.5 Å². The molecule has 0 spiro atoms. The molecule has 1 aliphatic rings. The number of carbonyl (C=O) groups excluding carboxylic acids is 1. The van der Waals surface area contributed by atoms with Crippen molar-refractivity contribution in [2.24, 2.45) is 0 Å². The van der Waals surface area contributed by atoms with E-state index in [0.29, 0.717) is 27.5 Å². The minimum absolute atomic E-state index is 0.0808. The van der Waals surface area contributed by atoms with Crippen molar-refractivity contribution < 1.29 is 22.7 Å². The summed E-state index contributed by atoms with van der Waals surface area (Å²) in [5, 5.41) is 0.712. The van der Waals surface area contributed by atoms with Crippen molar-refractivity contribution in [3.05, 3.63) is 65.6 Å². The van der Waals surface area contributed by atoms with E-state index in [2.05, 4.69) is 9.97 Å². The van der Waals surface area contributed by atoms with E-state index in [-0.39, 0.29) is 24.2 Å². The summed E-state index contributed by atoms with van der Waals surface area (Å²) in [6.07, 6.45) is -1.28. The molecule has 31 heavy (non-hydrogen) atoms. The average Bonchev–Trinajstić information content (AvgIpc) is 3.39. The molecule has 2 aromatic carbocycles. The molecule has 5 rings (SSSR count). The SMILES string of the molecule is CN(C(=O)c1ccc2nc(N)n3cncc3c2c1)[C@@H]1COc2cc(C(F)(F)F)ccc21. The molecule has 0 aliphatic carbocycles. The number of nitrogens with zero attached hydrogens (tertiary/aromatic N) is 4. The monoisotopic (exact) mass is 427 g/mol. The predicted molar refractivity (Wildman–Crippen MR) is 107 cm³/mol. The van der Waals surface area contributed by atoms with Crippen molar-refractivity contribution in [3.63, 3.8) is 0 Å². The Morgan fingerprint density at radius 1 is 1.26 bits per heavy atom. The number of nitrogen functional groups attached to an aromatic ring is 1. The van der Waals surface area contributed by atoms with Gasteiger partial charge in [0, 0.05) is 23.6 Å². The number of alkyl halides is 3. The number of carbonyl (C=O) groups is 1. The Hall–Kier alpha value is -3.82. The highest BCUT2D eigenvalue weighted by atomic mass is 19.4. The van der Waals surface area contributed by atoms with Gasteiger partial charge in [0.15, 0.2) is 0 Å². The first-order chi connectivity index (χ1) is 14.7. The lowest BCUT2D eigenvalue weighted by atomic mass is 10.0. The molecule has 7 nitrogen and oxygen atoms in total. The van der Waals surface area contributed by atoms with E-state index in [4.69, 9.17) is 10.5 Å². The summed E-state index contributed by atoms with van der Waals surface area (Å²) in [6, 6.07) is 7.89. The highest BCUT2D eigenvalue weighted by Crippen LogP contribution is 2.40. The summed E-state index contributed by atoms with van der Waals surface area (Å²) in [7, 11) is 1.60. The van der Waals surface area contributed by atoms with Gasteiger partial charge in [-0.1, -0.05) is 6.07 Å². The highest BCUT2D eigenvalue weighted by molar-refractivity contribution is 6.02. The second-order valence-electron chi connectivity index (χ2n) is 7.34. The number of rotatable bonds is 2. The van der Waals surface area contributed by atoms with Gasteiger partial charge in [-0.3, -0.25) is 9.20 Å². The fourth-order valence-electron chi connectivity index (χ4n) is 3.86. The van der Waals surface area contributed by atoms with E-state index >= 15 is 0 Å². The molecular weight excluding hydrogens is 411 g/mol. The van der Waals surface area contributed by atoms with Crippen LogP contribution in [0.15, 0.2) is 48.9 Å². The van der Waals surface area contributed by atoms with Crippen LogP contribution in [-0.2, 0) is 6.18 Å². The Morgan fingerprint density at radius 2 is 2.06 bits per heavy atom. The number of aromatic nitrogens is 3. The first kappa shape index (κ1) is 19.2. The number of amides is 1. The topological polar surface area (TPSA) is 85.8 Å². The Bertz CT molecular complexity index is 1350. The van der Waals surface area contributed by atoms with E-state index < -0.39 is 17.8 Å². The molecule has 1 aliphatic heterocycles. The van der Waals surface area contributed by atoms with Crippen molar-refractivity contribution in [3.8, 4) is 5.75 Å². The minimum atomic E-state index is -4.46. The molecular formula is C21H16F3N5O2. The lowest BCUT2D eigenvalue weighted by Crippen LogP contribution is -2.32. The molecule has 0 radical (unpaired) electrons. The summed E-state index contributed by atoms with van der Waals surface area (Å²) in [5.41, 5.74) is 7.43. The predicted octanol–water partition coefficient (Wildman–Crippen LogP) is 3.69. The Morgan fingerprint density at radius 3 is 2.84 bits per heavy atom. The number of halogens is 3. The summed E-state index contributed by atoms with van der Waals surface area (Å²) in [6.45, 7) is 0.0808. The second-order valence-corrected chi connectivity index (χ2v) is 7.34. The quantitative estimate of drug-likeness (QED) is 0.527. The van der Waals surface area contributed by atoms with Crippen LogP contribution in [-0.4, -0.2) is 38.8 Å². The zero-order valence-corrected chi connectivity index (χ0v) is 16.2. The van der Waals surface area contributed by atoms with Gasteiger partial charge in [-0.25, -0.2) is 9.97 Å². The van der Waals surface area contributed by atoms with Crippen molar-refractivity contribution in [2.45, 2.75) is 12.2 Å². The van der Waals surface area contributed by atoms with Gasteiger partial charge in [0.1, 0.15) is 18.7 Å². The molecule has 2 N–H and O–H groups in total. The van der Waals surface area contributed by atoms with Crippen LogP contribution in [0.1, 0.15) is 27.5 Å². The number of likely N-dealkylation sites (N-methyl/N-ethyl adjacent to an activating group) is 1. The van der Waals surface area contributed by atoms with Crippen LogP contribution in [0, 0.1) is 0 Å². The smallest absolute Gasteiger partial charge is 0.416 e. The number of anilines is 1. The normalized spacial score (nSPS) is 15.8. The number of hydrogen-bond donors (Lipinski definition) is 1. The van der Waals surface area contributed by atoms with E-state index in [1.54, 1.807) is 42.2 Å². The summed E-state index contributed by atoms with van der Waals surface area (Å²) < 4.78 is 46.0. The van der Waals surface area contributed by atoms with Gasteiger partial charge >= 0.3 is 6.18 Å². The maximum Gasteiger partial charge on any atom is 0.416 e. The number of benzene rings is 2. The minimum Gasteiger partial charge on any atom is -0.491 e. The van der Waals surface area contributed by atoms with Crippen molar-refractivity contribution in [1.82, 2.24) is 19.3 Å². The van der Waals surface area contributed by atoms with E-state index in [0.717, 1.165) is 12.1 Å².